The minimum Gasteiger partial charge on any atom is -0.481 e. The van der Waals surface area contributed by atoms with E-state index in [9.17, 15) is 4.39 Å². The number of pyridine rings is 2. The molecule has 0 N–H and O–H groups in total. The van der Waals surface area contributed by atoms with Crippen LogP contribution in [0.2, 0.25) is 0 Å². The molecule has 0 fully saturated rings. The smallest absolute Gasteiger partial charge is 0.213 e. The van der Waals surface area contributed by atoms with Crippen LogP contribution < -0.4 is 4.74 Å². The molecule has 0 saturated heterocycles. The normalized spacial score (nSPS) is 10.5. The molecule has 0 aromatic carbocycles. The first-order valence-corrected chi connectivity index (χ1v) is 4.66. The molecule has 2 aromatic rings. The van der Waals surface area contributed by atoms with Crippen molar-refractivity contribution >= 4 is 27.0 Å². The summed E-state index contributed by atoms with van der Waals surface area (Å²) in [6.45, 7) is 0. The molecule has 0 radical (unpaired) electrons. The van der Waals surface area contributed by atoms with E-state index in [-0.39, 0.29) is 0 Å². The number of hydrogen-bond donors (Lipinski definition) is 0. The van der Waals surface area contributed by atoms with Crippen molar-refractivity contribution in [2.75, 3.05) is 7.11 Å². The maximum Gasteiger partial charge on any atom is 0.213 e. The highest BCUT2D eigenvalue weighted by atomic mass is 79.9. The maximum absolute atomic E-state index is 13.1. The third-order valence-corrected chi connectivity index (χ3v) is 2.55. The van der Waals surface area contributed by atoms with Gasteiger partial charge in [0.05, 0.1) is 23.3 Å². The number of fused-ring (bicyclic) bond motifs is 1. The zero-order valence-electron chi connectivity index (χ0n) is 7.29. The average molecular weight is 257 g/mol. The fourth-order valence-electron chi connectivity index (χ4n) is 1.11. The molecule has 0 bridgehead atoms. The summed E-state index contributed by atoms with van der Waals surface area (Å²) in [7, 11) is 1.51. The Kier molecular flexibility index (Phi) is 2.33. The molecule has 3 nitrogen and oxygen atoms in total. The predicted octanol–water partition coefficient (Wildman–Crippen LogP) is 2.54. The monoisotopic (exact) mass is 256 g/mol. The van der Waals surface area contributed by atoms with Gasteiger partial charge in [0.25, 0.3) is 0 Å². The Balaban J connectivity index is 2.78. The van der Waals surface area contributed by atoms with E-state index in [4.69, 9.17) is 4.74 Å². The molecular formula is C9H6BrFN2O. The van der Waals surface area contributed by atoms with Crippen LogP contribution in [0.3, 0.4) is 0 Å². The molecule has 2 heterocycles. The Hall–Kier alpha value is -1.23. The highest BCUT2D eigenvalue weighted by molar-refractivity contribution is 9.10. The molecule has 0 atom stereocenters. The predicted molar refractivity (Wildman–Crippen MR) is 53.7 cm³/mol. The van der Waals surface area contributed by atoms with E-state index in [0.29, 0.717) is 21.4 Å². The summed E-state index contributed by atoms with van der Waals surface area (Å²) >= 11 is 3.11. The molecular weight excluding hydrogens is 251 g/mol. The summed E-state index contributed by atoms with van der Waals surface area (Å²) in [6.07, 6.45) is 1.15. The van der Waals surface area contributed by atoms with E-state index in [0.717, 1.165) is 6.20 Å². The molecule has 5 heteroatoms. The number of methoxy groups -OCH3 is 1. The molecule has 2 rings (SSSR count). The van der Waals surface area contributed by atoms with Crippen molar-refractivity contribution in [2.45, 2.75) is 0 Å². The molecule has 0 unspecified atom stereocenters. The molecule has 0 aliphatic carbocycles. The van der Waals surface area contributed by atoms with Crippen LogP contribution in [-0.2, 0) is 0 Å². The Morgan fingerprint density at radius 1 is 1.43 bits per heavy atom. The zero-order chi connectivity index (χ0) is 10.1. The van der Waals surface area contributed by atoms with E-state index in [1.807, 2.05) is 0 Å². The first-order valence-electron chi connectivity index (χ1n) is 3.87. The second kappa shape index (κ2) is 3.49. The fraction of sp³-hybridized carbons (Fsp3) is 0.111. The van der Waals surface area contributed by atoms with Crippen molar-refractivity contribution in [2.24, 2.45) is 0 Å². The van der Waals surface area contributed by atoms with Gasteiger partial charge in [-0.05, 0) is 22.0 Å². The van der Waals surface area contributed by atoms with E-state index in [2.05, 4.69) is 25.9 Å². The molecule has 72 valence electrons. The lowest BCUT2D eigenvalue weighted by Gasteiger charge is -2.02. The van der Waals surface area contributed by atoms with Crippen LogP contribution in [0.5, 0.6) is 5.88 Å². The molecule has 0 spiro atoms. The van der Waals surface area contributed by atoms with Gasteiger partial charge in [0.1, 0.15) is 5.52 Å². The number of rotatable bonds is 1. The third-order valence-electron chi connectivity index (χ3n) is 1.79. The van der Waals surface area contributed by atoms with E-state index in [1.165, 1.54) is 7.11 Å². The maximum atomic E-state index is 13.1. The SMILES string of the molecule is COc1ccc2ncc(F)c(Br)c2n1. The summed E-state index contributed by atoms with van der Waals surface area (Å²) in [4.78, 5) is 7.98. The summed E-state index contributed by atoms with van der Waals surface area (Å²) < 4.78 is 18.3. The van der Waals surface area contributed by atoms with Crippen molar-refractivity contribution < 1.29 is 9.13 Å². The minimum absolute atomic E-state index is 0.307. The van der Waals surface area contributed by atoms with Crippen molar-refractivity contribution in [3.8, 4) is 5.88 Å². The quantitative estimate of drug-likeness (QED) is 0.787. The van der Waals surface area contributed by atoms with Gasteiger partial charge in [-0.2, -0.15) is 0 Å². The lowest BCUT2D eigenvalue weighted by atomic mass is 10.3. The highest BCUT2D eigenvalue weighted by Gasteiger charge is 2.07. The molecule has 0 saturated carbocycles. The summed E-state index contributed by atoms with van der Waals surface area (Å²) in [6, 6.07) is 3.41. The van der Waals surface area contributed by atoms with Crippen molar-refractivity contribution in [1.29, 1.82) is 0 Å². The second-order valence-electron chi connectivity index (χ2n) is 2.64. The molecule has 0 amide bonds. The van der Waals surface area contributed by atoms with Gasteiger partial charge in [0.2, 0.25) is 5.88 Å². The van der Waals surface area contributed by atoms with Crippen LogP contribution in [-0.4, -0.2) is 17.1 Å². The van der Waals surface area contributed by atoms with Gasteiger partial charge >= 0.3 is 0 Å². The second-order valence-corrected chi connectivity index (χ2v) is 3.43. The van der Waals surface area contributed by atoms with Crippen molar-refractivity contribution in [1.82, 2.24) is 9.97 Å². The Morgan fingerprint density at radius 2 is 2.21 bits per heavy atom. The van der Waals surface area contributed by atoms with Gasteiger partial charge in [0, 0.05) is 6.07 Å². The van der Waals surface area contributed by atoms with Crippen LogP contribution in [0.25, 0.3) is 11.0 Å². The first-order chi connectivity index (χ1) is 6.72. The molecule has 0 aliphatic rings. The van der Waals surface area contributed by atoms with Gasteiger partial charge in [-0.25, -0.2) is 9.37 Å². The highest BCUT2D eigenvalue weighted by Crippen LogP contribution is 2.24. The molecule has 0 aliphatic heterocycles. The largest absolute Gasteiger partial charge is 0.481 e. The van der Waals surface area contributed by atoms with E-state index >= 15 is 0 Å². The van der Waals surface area contributed by atoms with Crippen LogP contribution in [0.4, 0.5) is 4.39 Å². The minimum atomic E-state index is -0.432. The zero-order valence-corrected chi connectivity index (χ0v) is 8.88. The van der Waals surface area contributed by atoms with Gasteiger partial charge in [-0.15, -0.1) is 0 Å². The van der Waals surface area contributed by atoms with Crippen LogP contribution >= 0.6 is 15.9 Å². The standard InChI is InChI=1S/C9H6BrFN2O/c1-14-7-3-2-6-9(13-7)8(10)5(11)4-12-6/h2-4H,1H3. The van der Waals surface area contributed by atoms with Crippen LogP contribution in [0.15, 0.2) is 22.8 Å². The summed E-state index contributed by atoms with van der Waals surface area (Å²) in [5.41, 5.74) is 1.09. The van der Waals surface area contributed by atoms with E-state index in [1.54, 1.807) is 12.1 Å². The average Bonchev–Trinajstić information content (AvgIpc) is 2.23. The Labute approximate surface area is 88.1 Å². The Morgan fingerprint density at radius 3 is 2.93 bits per heavy atom. The van der Waals surface area contributed by atoms with Crippen LogP contribution in [0.1, 0.15) is 0 Å². The number of halogens is 2. The number of hydrogen-bond acceptors (Lipinski definition) is 3. The van der Waals surface area contributed by atoms with Crippen LogP contribution in [0, 0.1) is 5.82 Å². The summed E-state index contributed by atoms with van der Waals surface area (Å²) in [5, 5.41) is 0. The number of ether oxygens (including phenoxy) is 1. The van der Waals surface area contributed by atoms with Gasteiger partial charge < -0.3 is 4.74 Å². The molecule has 14 heavy (non-hydrogen) atoms. The van der Waals surface area contributed by atoms with E-state index < -0.39 is 5.82 Å². The lowest BCUT2D eigenvalue weighted by Crippen LogP contribution is -1.91. The van der Waals surface area contributed by atoms with Gasteiger partial charge in [0.15, 0.2) is 5.82 Å². The third kappa shape index (κ3) is 1.43. The molecule has 2 aromatic heterocycles. The summed E-state index contributed by atoms with van der Waals surface area (Å²) in [5.74, 6) is 0.00357. The number of aromatic nitrogens is 2. The lowest BCUT2D eigenvalue weighted by molar-refractivity contribution is 0.399. The van der Waals surface area contributed by atoms with Crippen molar-refractivity contribution in [3.05, 3.63) is 28.6 Å². The number of nitrogens with zero attached hydrogens (tertiary/aromatic N) is 2. The van der Waals surface area contributed by atoms with Gasteiger partial charge in [-0.1, -0.05) is 0 Å². The fourth-order valence-corrected chi connectivity index (χ4v) is 1.50. The van der Waals surface area contributed by atoms with Gasteiger partial charge in [-0.3, -0.25) is 4.98 Å². The Bertz CT molecular complexity index is 489. The topological polar surface area (TPSA) is 35.0 Å². The first kappa shape index (κ1) is 9.33. The van der Waals surface area contributed by atoms with Crippen molar-refractivity contribution in [3.63, 3.8) is 0 Å².